The topological polar surface area (TPSA) is 116 Å². The maximum atomic E-state index is 13.6. The molecule has 1 heterocycles. The van der Waals surface area contributed by atoms with E-state index >= 15 is 0 Å². The number of carboxylic acid groups (broad SMARTS) is 1. The van der Waals surface area contributed by atoms with Crippen molar-refractivity contribution in [2.75, 3.05) is 13.2 Å². The number of ether oxygens (including phenoxy) is 1. The molecule has 5 rings (SSSR count). The number of amides is 2. The molecule has 184 valence electrons. The molecule has 3 N–H and O–H groups in total. The number of aliphatic hydroxyl groups excluding tert-OH is 1. The highest BCUT2D eigenvalue weighted by atomic mass is 16.5. The van der Waals surface area contributed by atoms with Crippen LogP contribution in [0, 0.1) is 0 Å². The fraction of sp³-hybridized carbons (Fsp3) is 0.444. The molecule has 2 fully saturated rings. The maximum absolute atomic E-state index is 13.6. The maximum Gasteiger partial charge on any atom is 0.408 e. The van der Waals surface area contributed by atoms with Gasteiger partial charge in [0.05, 0.1) is 6.10 Å². The van der Waals surface area contributed by atoms with Gasteiger partial charge in [0.1, 0.15) is 18.2 Å². The van der Waals surface area contributed by atoms with Gasteiger partial charge in [0.2, 0.25) is 5.91 Å². The third-order valence-electron chi connectivity index (χ3n) is 7.63. The molecule has 2 amide bonds. The van der Waals surface area contributed by atoms with Gasteiger partial charge in [-0.15, -0.1) is 0 Å². The Morgan fingerprint density at radius 3 is 2.17 bits per heavy atom. The van der Waals surface area contributed by atoms with Crippen molar-refractivity contribution in [2.45, 2.75) is 62.1 Å². The van der Waals surface area contributed by atoms with Crippen LogP contribution in [0.3, 0.4) is 0 Å². The van der Waals surface area contributed by atoms with E-state index < -0.39 is 35.7 Å². The van der Waals surface area contributed by atoms with Crippen molar-refractivity contribution in [3.05, 3.63) is 59.7 Å². The molecule has 0 aromatic heterocycles. The molecule has 8 heteroatoms. The number of nitrogens with one attached hydrogen (secondary N) is 1. The minimum absolute atomic E-state index is 0.0118. The summed E-state index contributed by atoms with van der Waals surface area (Å²) in [5.74, 6) is -1.70. The molecule has 2 aliphatic carbocycles. The summed E-state index contributed by atoms with van der Waals surface area (Å²) in [4.78, 5) is 39.5. The minimum atomic E-state index is -1.22. The number of carboxylic acids is 1. The number of hydrogen-bond acceptors (Lipinski definition) is 5. The van der Waals surface area contributed by atoms with Crippen molar-refractivity contribution < 1.29 is 29.3 Å². The van der Waals surface area contributed by atoms with Crippen molar-refractivity contribution in [1.82, 2.24) is 10.2 Å². The van der Waals surface area contributed by atoms with Crippen LogP contribution in [0.15, 0.2) is 48.5 Å². The Labute approximate surface area is 203 Å². The zero-order chi connectivity index (χ0) is 24.6. The van der Waals surface area contributed by atoms with Crippen LogP contribution in [0.4, 0.5) is 4.79 Å². The smallest absolute Gasteiger partial charge is 0.408 e. The highest BCUT2D eigenvalue weighted by molar-refractivity contribution is 5.93. The third-order valence-corrected chi connectivity index (χ3v) is 7.63. The van der Waals surface area contributed by atoms with Crippen molar-refractivity contribution in [3.63, 3.8) is 0 Å². The Morgan fingerprint density at radius 1 is 0.971 bits per heavy atom. The Hall–Kier alpha value is -3.39. The summed E-state index contributed by atoms with van der Waals surface area (Å²) in [7, 11) is 0. The number of aliphatic carboxylic acids is 1. The average Bonchev–Trinajstić information content (AvgIpc) is 3.41. The van der Waals surface area contributed by atoms with E-state index in [1.54, 1.807) is 0 Å². The van der Waals surface area contributed by atoms with E-state index in [4.69, 9.17) is 4.74 Å². The normalized spacial score (nSPS) is 22.8. The molecule has 1 saturated heterocycles. The lowest BCUT2D eigenvalue weighted by molar-refractivity contribution is -0.151. The SMILES string of the molecule is O=C(NC1(C(=O)N2C[C@H](O)C[C@H]2C(=O)O)CCCCC1)OCC1c2ccccc2-c2ccccc21. The van der Waals surface area contributed by atoms with Crippen LogP contribution in [0.2, 0.25) is 0 Å². The Kier molecular flexibility index (Phi) is 6.23. The summed E-state index contributed by atoms with van der Waals surface area (Å²) in [6.45, 7) is 0.0776. The van der Waals surface area contributed by atoms with Crippen molar-refractivity contribution in [1.29, 1.82) is 0 Å². The number of β-amino-alcohol motifs (C(OH)–C–C–N with tert-alkyl or cyclic N) is 1. The van der Waals surface area contributed by atoms with E-state index in [1.165, 1.54) is 4.90 Å². The van der Waals surface area contributed by atoms with E-state index in [0.29, 0.717) is 12.8 Å². The lowest BCUT2D eigenvalue weighted by Crippen LogP contribution is -2.62. The molecular formula is C27H30N2O6. The number of fused-ring (bicyclic) bond motifs is 3. The van der Waals surface area contributed by atoms with Gasteiger partial charge in [0, 0.05) is 18.9 Å². The molecule has 0 unspecified atom stereocenters. The highest BCUT2D eigenvalue weighted by Crippen LogP contribution is 2.44. The number of alkyl carbamates (subject to hydrolysis) is 1. The van der Waals surface area contributed by atoms with Crippen LogP contribution in [0.25, 0.3) is 11.1 Å². The lowest BCUT2D eigenvalue weighted by Gasteiger charge is -2.40. The molecule has 1 saturated carbocycles. The summed E-state index contributed by atoms with van der Waals surface area (Å²) >= 11 is 0. The molecule has 1 aliphatic heterocycles. The average molecular weight is 479 g/mol. The predicted molar refractivity (Wildman–Crippen MR) is 128 cm³/mol. The van der Waals surface area contributed by atoms with Crippen molar-refractivity contribution in [3.8, 4) is 11.1 Å². The van der Waals surface area contributed by atoms with Crippen LogP contribution in [0.5, 0.6) is 0 Å². The second-order valence-electron chi connectivity index (χ2n) is 9.79. The molecule has 2 aromatic carbocycles. The minimum Gasteiger partial charge on any atom is -0.480 e. The molecule has 2 aromatic rings. The number of nitrogens with zero attached hydrogens (tertiary/aromatic N) is 1. The summed E-state index contributed by atoms with van der Waals surface area (Å²) in [6.07, 6.45) is 1.65. The van der Waals surface area contributed by atoms with Gasteiger partial charge in [-0.05, 0) is 35.1 Å². The van der Waals surface area contributed by atoms with Crippen LogP contribution >= 0.6 is 0 Å². The molecule has 2 atom stereocenters. The van der Waals surface area contributed by atoms with Gasteiger partial charge in [-0.3, -0.25) is 4.79 Å². The first kappa shape index (κ1) is 23.4. The fourth-order valence-corrected chi connectivity index (χ4v) is 5.92. The fourth-order valence-electron chi connectivity index (χ4n) is 5.92. The van der Waals surface area contributed by atoms with Crippen LogP contribution in [-0.2, 0) is 14.3 Å². The van der Waals surface area contributed by atoms with E-state index in [9.17, 15) is 24.6 Å². The Morgan fingerprint density at radius 2 is 1.57 bits per heavy atom. The van der Waals surface area contributed by atoms with Crippen LogP contribution in [-0.4, -0.2) is 63.9 Å². The first-order chi connectivity index (χ1) is 16.9. The number of carbonyl (C=O) groups excluding carboxylic acids is 2. The van der Waals surface area contributed by atoms with Crippen molar-refractivity contribution >= 4 is 18.0 Å². The van der Waals surface area contributed by atoms with Crippen LogP contribution < -0.4 is 5.32 Å². The first-order valence-electron chi connectivity index (χ1n) is 12.2. The van der Waals surface area contributed by atoms with Crippen LogP contribution in [0.1, 0.15) is 55.6 Å². The quantitative estimate of drug-likeness (QED) is 0.607. The second-order valence-corrected chi connectivity index (χ2v) is 9.79. The monoisotopic (exact) mass is 478 g/mol. The number of hydrogen-bond donors (Lipinski definition) is 3. The second kappa shape index (κ2) is 9.34. The zero-order valence-corrected chi connectivity index (χ0v) is 19.5. The van der Waals surface area contributed by atoms with E-state index in [2.05, 4.69) is 17.4 Å². The standard InChI is InChI=1S/C27H30N2O6/c30-17-14-23(24(31)32)29(15-17)25(33)27(12-6-1-7-13-27)28-26(34)35-16-22-20-10-4-2-8-18(20)19-9-3-5-11-21(19)22/h2-5,8-11,17,22-23,30H,1,6-7,12-16H2,(H,28,34)(H,31,32)/t17-,23+/m1/s1. The number of aliphatic hydroxyl groups is 1. The van der Waals surface area contributed by atoms with Gasteiger partial charge in [-0.25, -0.2) is 9.59 Å². The molecule has 3 aliphatic rings. The molecule has 0 spiro atoms. The van der Waals surface area contributed by atoms with Gasteiger partial charge >= 0.3 is 12.1 Å². The third kappa shape index (κ3) is 4.27. The molecular weight excluding hydrogens is 448 g/mol. The Balaban J connectivity index is 1.32. The number of rotatable bonds is 5. The van der Waals surface area contributed by atoms with E-state index in [-0.39, 0.29) is 25.5 Å². The molecule has 8 nitrogen and oxygen atoms in total. The zero-order valence-electron chi connectivity index (χ0n) is 19.5. The van der Waals surface area contributed by atoms with Gasteiger partial charge in [-0.2, -0.15) is 0 Å². The van der Waals surface area contributed by atoms with Gasteiger partial charge in [0.25, 0.3) is 0 Å². The first-order valence-corrected chi connectivity index (χ1v) is 12.2. The van der Waals surface area contributed by atoms with Gasteiger partial charge < -0.3 is 25.2 Å². The molecule has 0 radical (unpaired) electrons. The number of benzene rings is 2. The van der Waals surface area contributed by atoms with E-state index in [0.717, 1.165) is 41.5 Å². The Bertz CT molecular complexity index is 1100. The molecule has 0 bridgehead atoms. The largest absolute Gasteiger partial charge is 0.480 e. The summed E-state index contributed by atoms with van der Waals surface area (Å²) in [6, 6.07) is 15.0. The molecule has 35 heavy (non-hydrogen) atoms. The summed E-state index contributed by atoms with van der Waals surface area (Å²) in [5.41, 5.74) is 3.23. The highest BCUT2D eigenvalue weighted by Gasteiger charge is 2.49. The van der Waals surface area contributed by atoms with Crippen molar-refractivity contribution in [2.24, 2.45) is 0 Å². The number of likely N-dealkylation sites (tertiary alicyclic amines) is 1. The summed E-state index contributed by atoms with van der Waals surface area (Å²) in [5, 5.41) is 22.4. The van der Waals surface area contributed by atoms with E-state index in [1.807, 2.05) is 36.4 Å². The predicted octanol–water partition coefficient (Wildman–Crippen LogP) is 3.27. The lowest BCUT2D eigenvalue weighted by atomic mass is 9.80. The van der Waals surface area contributed by atoms with Gasteiger partial charge in [0.15, 0.2) is 0 Å². The number of carbonyl (C=O) groups is 3. The summed E-state index contributed by atoms with van der Waals surface area (Å²) < 4.78 is 5.69. The van der Waals surface area contributed by atoms with Gasteiger partial charge in [-0.1, -0.05) is 67.8 Å².